The number of hydrogen-bond donors (Lipinski definition) is 1. The fourth-order valence-corrected chi connectivity index (χ4v) is 2.22. The third kappa shape index (κ3) is 3.90. The third-order valence-electron chi connectivity index (χ3n) is 2.17. The van der Waals surface area contributed by atoms with E-state index in [0.29, 0.717) is 0 Å². The van der Waals surface area contributed by atoms with Gasteiger partial charge < -0.3 is 5.32 Å². The van der Waals surface area contributed by atoms with Crippen LogP contribution < -0.4 is 5.32 Å². The molecule has 0 unspecified atom stereocenters. The predicted octanol–water partition coefficient (Wildman–Crippen LogP) is 2.21. The lowest BCUT2D eigenvalue weighted by Gasteiger charge is -2.01. The summed E-state index contributed by atoms with van der Waals surface area (Å²) >= 11 is 1.62. The summed E-state index contributed by atoms with van der Waals surface area (Å²) in [5, 5.41) is 14.6. The number of halogens is 1. The van der Waals surface area contributed by atoms with Crippen LogP contribution >= 0.6 is 24.2 Å². The summed E-state index contributed by atoms with van der Waals surface area (Å²) in [4.78, 5) is 14.3. The molecule has 1 N–H and O–H groups in total. The number of aliphatic imine (C=N–C) groups is 1. The first-order chi connectivity index (χ1) is 7.75. The molecule has 0 aromatic heterocycles. The normalized spacial score (nSPS) is 13.5. The maximum absolute atomic E-state index is 10.5. The number of nitro groups is 1. The van der Waals surface area contributed by atoms with Crippen LogP contribution in [0.5, 0.6) is 0 Å². The fraction of sp³-hybridized carbons (Fsp3) is 0.300. The molecular weight excluding hydrogens is 262 g/mol. The molecule has 1 aromatic carbocycles. The van der Waals surface area contributed by atoms with Gasteiger partial charge in [-0.25, -0.2) is 0 Å². The Morgan fingerprint density at radius 1 is 1.41 bits per heavy atom. The minimum atomic E-state index is -0.389. The van der Waals surface area contributed by atoms with Crippen molar-refractivity contribution in [1.82, 2.24) is 5.32 Å². The SMILES string of the molecule is Cl.O=[N+]([O-])c1ccc(CSC2=NCCN2)cc1. The Labute approximate surface area is 109 Å². The number of nitrogens with zero attached hydrogens (tertiary/aromatic N) is 2. The van der Waals surface area contributed by atoms with E-state index in [1.807, 2.05) is 0 Å². The molecular formula is C10H12ClN3O2S. The number of nitro benzene ring substituents is 1. The van der Waals surface area contributed by atoms with E-state index in [4.69, 9.17) is 0 Å². The minimum absolute atomic E-state index is 0. The van der Waals surface area contributed by atoms with Gasteiger partial charge in [0, 0.05) is 24.4 Å². The number of nitrogens with one attached hydrogen (secondary N) is 1. The molecule has 1 heterocycles. The van der Waals surface area contributed by atoms with Crippen molar-refractivity contribution < 1.29 is 4.92 Å². The van der Waals surface area contributed by atoms with Crippen molar-refractivity contribution in [2.24, 2.45) is 4.99 Å². The summed E-state index contributed by atoms with van der Waals surface area (Å²) in [6, 6.07) is 6.61. The smallest absolute Gasteiger partial charge is 0.269 e. The molecule has 1 aliphatic heterocycles. The molecule has 0 bridgehead atoms. The average molecular weight is 274 g/mol. The Bertz CT molecular complexity index is 422. The van der Waals surface area contributed by atoms with Crippen molar-refractivity contribution in [3.8, 4) is 0 Å². The molecule has 2 rings (SSSR count). The van der Waals surface area contributed by atoms with Gasteiger partial charge in [-0.1, -0.05) is 23.9 Å². The van der Waals surface area contributed by atoms with Crippen LogP contribution in [-0.4, -0.2) is 23.2 Å². The van der Waals surface area contributed by atoms with E-state index in [9.17, 15) is 10.1 Å². The predicted molar refractivity (Wildman–Crippen MR) is 71.9 cm³/mol. The summed E-state index contributed by atoms with van der Waals surface area (Å²) in [7, 11) is 0. The quantitative estimate of drug-likeness (QED) is 0.677. The van der Waals surface area contributed by atoms with E-state index in [1.165, 1.54) is 12.1 Å². The zero-order valence-corrected chi connectivity index (χ0v) is 10.6. The molecule has 0 fully saturated rings. The first-order valence-corrected chi connectivity index (χ1v) is 5.89. The number of hydrogen-bond acceptors (Lipinski definition) is 5. The third-order valence-corrected chi connectivity index (χ3v) is 3.19. The van der Waals surface area contributed by atoms with Crippen LogP contribution in [0.15, 0.2) is 29.3 Å². The largest absolute Gasteiger partial charge is 0.363 e. The summed E-state index contributed by atoms with van der Waals surface area (Å²) in [6.45, 7) is 1.74. The zero-order valence-electron chi connectivity index (χ0n) is 8.96. The standard InChI is InChI=1S/C10H11N3O2S.ClH/c14-13(15)9-3-1-8(2-4-9)7-16-10-11-5-6-12-10;/h1-4H,5-7H2,(H,11,12);1H. The number of thioether (sulfide) groups is 1. The summed E-state index contributed by atoms with van der Waals surface area (Å²) in [5.74, 6) is 0.782. The topological polar surface area (TPSA) is 67.5 Å². The van der Waals surface area contributed by atoms with E-state index in [-0.39, 0.29) is 23.0 Å². The second kappa shape index (κ2) is 6.46. The first kappa shape index (κ1) is 13.8. The van der Waals surface area contributed by atoms with Crippen LogP contribution in [0.1, 0.15) is 5.56 Å². The molecule has 0 radical (unpaired) electrons. The Kier molecular flexibility index (Phi) is 5.24. The van der Waals surface area contributed by atoms with E-state index in [0.717, 1.165) is 29.6 Å². The van der Waals surface area contributed by atoms with Crippen LogP contribution in [0.3, 0.4) is 0 Å². The molecule has 1 aromatic rings. The van der Waals surface area contributed by atoms with Crippen LogP contribution in [-0.2, 0) is 5.75 Å². The van der Waals surface area contributed by atoms with Gasteiger partial charge in [-0.2, -0.15) is 0 Å². The van der Waals surface area contributed by atoms with Gasteiger partial charge in [0.2, 0.25) is 0 Å². The molecule has 1 aliphatic rings. The van der Waals surface area contributed by atoms with Crippen molar-refractivity contribution in [3.05, 3.63) is 39.9 Å². The molecule has 0 spiro atoms. The van der Waals surface area contributed by atoms with E-state index < -0.39 is 0 Å². The first-order valence-electron chi connectivity index (χ1n) is 4.90. The molecule has 5 nitrogen and oxygen atoms in total. The number of rotatable bonds is 3. The average Bonchev–Trinajstić information content (AvgIpc) is 2.80. The highest BCUT2D eigenvalue weighted by atomic mass is 35.5. The van der Waals surface area contributed by atoms with Crippen molar-refractivity contribution >= 4 is 35.0 Å². The molecule has 7 heteroatoms. The van der Waals surface area contributed by atoms with Crippen LogP contribution in [0.2, 0.25) is 0 Å². The molecule has 0 atom stereocenters. The van der Waals surface area contributed by atoms with Crippen LogP contribution in [0, 0.1) is 10.1 Å². The van der Waals surface area contributed by atoms with Gasteiger partial charge in [0.15, 0.2) is 5.17 Å². The van der Waals surface area contributed by atoms with Gasteiger partial charge in [-0.3, -0.25) is 15.1 Å². The van der Waals surface area contributed by atoms with E-state index >= 15 is 0 Å². The van der Waals surface area contributed by atoms with Crippen molar-refractivity contribution in [1.29, 1.82) is 0 Å². The van der Waals surface area contributed by atoms with Crippen molar-refractivity contribution in [2.75, 3.05) is 13.1 Å². The highest BCUT2D eigenvalue weighted by Crippen LogP contribution is 2.17. The molecule has 0 saturated carbocycles. The molecule has 0 aliphatic carbocycles. The van der Waals surface area contributed by atoms with Crippen molar-refractivity contribution in [2.45, 2.75) is 5.75 Å². The second-order valence-electron chi connectivity index (χ2n) is 3.33. The fourth-order valence-electron chi connectivity index (χ4n) is 1.34. The summed E-state index contributed by atoms with van der Waals surface area (Å²) in [6.07, 6.45) is 0. The summed E-state index contributed by atoms with van der Waals surface area (Å²) in [5.41, 5.74) is 1.19. The number of benzene rings is 1. The highest BCUT2D eigenvalue weighted by Gasteiger charge is 2.07. The maximum Gasteiger partial charge on any atom is 0.269 e. The lowest BCUT2D eigenvalue weighted by Crippen LogP contribution is -2.14. The Morgan fingerprint density at radius 3 is 2.65 bits per heavy atom. The van der Waals surface area contributed by atoms with E-state index in [2.05, 4.69) is 10.3 Å². The summed E-state index contributed by atoms with van der Waals surface area (Å²) < 4.78 is 0. The second-order valence-corrected chi connectivity index (χ2v) is 4.29. The molecule has 17 heavy (non-hydrogen) atoms. The van der Waals surface area contributed by atoms with Gasteiger partial charge >= 0.3 is 0 Å². The van der Waals surface area contributed by atoms with Crippen molar-refractivity contribution in [3.63, 3.8) is 0 Å². The van der Waals surface area contributed by atoms with Gasteiger partial charge in [-0.15, -0.1) is 12.4 Å². The maximum atomic E-state index is 10.5. The van der Waals surface area contributed by atoms with Gasteiger partial charge in [0.1, 0.15) is 0 Å². The lowest BCUT2D eigenvalue weighted by molar-refractivity contribution is -0.384. The lowest BCUT2D eigenvalue weighted by atomic mass is 10.2. The van der Waals surface area contributed by atoms with Gasteiger partial charge in [-0.05, 0) is 5.56 Å². The zero-order chi connectivity index (χ0) is 11.4. The molecule has 0 amide bonds. The number of amidine groups is 1. The highest BCUT2D eigenvalue weighted by molar-refractivity contribution is 8.13. The molecule has 0 saturated heterocycles. The minimum Gasteiger partial charge on any atom is -0.363 e. The monoisotopic (exact) mass is 273 g/mol. The van der Waals surface area contributed by atoms with E-state index in [1.54, 1.807) is 23.9 Å². The Morgan fingerprint density at radius 2 is 2.12 bits per heavy atom. The molecule has 92 valence electrons. The Hall–Kier alpha value is -1.27. The Balaban J connectivity index is 0.00000144. The van der Waals surface area contributed by atoms with Crippen LogP contribution in [0.4, 0.5) is 5.69 Å². The van der Waals surface area contributed by atoms with Gasteiger partial charge in [0.25, 0.3) is 5.69 Å². The number of non-ortho nitro benzene ring substituents is 1. The van der Waals surface area contributed by atoms with Gasteiger partial charge in [0.05, 0.1) is 11.5 Å². The van der Waals surface area contributed by atoms with Crippen LogP contribution in [0.25, 0.3) is 0 Å².